The van der Waals surface area contributed by atoms with E-state index in [1.54, 1.807) is 13.2 Å². The number of carbonyl (C=O) groups is 2. The largest absolute Gasteiger partial charge is 0.496 e. The Balaban J connectivity index is 2.30. The molecule has 0 saturated carbocycles. The van der Waals surface area contributed by atoms with E-state index in [4.69, 9.17) is 4.74 Å². The smallest absolute Gasteiger partial charge is 0.254 e. The third kappa shape index (κ3) is 2.36. The molecule has 2 amide bonds. The molecule has 4 nitrogen and oxygen atoms in total. The van der Waals surface area contributed by atoms with Crippen LogP contribution in [0.2, 0.25) is 0 Å². The maximum atomic E-state index is 11.4. The van der Waals surface area contributed by atoms with Crippen molar-refractivity contribution in [3.63, 3.8) is 0 Å². The van der Waals surface area contributed by atoms with Crippen LogP contribution in [0.3, 0.4) is 0 Å². The van der Waals surface area contributed by atoms with Crippen molar-refractivity contribution in [2.75, 3.05) is 7.11 Å². The molecule has 1 fully saturated rings. The number of benzene rings is 1. The lowest BCUT2D eigenvalue weighted by Gasteiger charge is -2.05. The van der Waals surface area contributed by atoms with Gasteiger partial charge in [-0.05, 0) is 36.3 Å². The molecule has 0 unspecified atom stereocenters. The van der Waals surface area contributed by atoms with Gasteiger partial charge in [-0.1, -0.05) is 6.07 Å². The van der Waals surface area contributed by atoms with E-state index in [0.29, 0.717) is 5.57 Å². The van der Waals surface area contributed by atoms with E-state index in [2.05, 4.69) is 5.32 Å². The minimum Gasteiger partial charge on any atom is -0.496 e. The van der Waals surface area contributed by atoms with E-state index in [-0.39, 0.29) is 18.2 Å². The Hall–Kier alpha value is -2.10. The number of nitrogens with one attached hydrogen (secondary N) is 1. The van der Waals surface area contributed by atoms with Crippen LogP contribution in [-0.4, -0.2) is 18.9 Å². The highest BCUT2D eigenvalue weighted by Crippen LogP contribution is 2.21. The number of hydrogen-bond donors (Lipinski definition) is 1. The predicted octanol–water partition coefficient (Wildman–Crippen LogP) is 1.43. The first-order valence-corrected chi connectivity index (χ1v) is 5.29. The third-order valence-electron chi connectivity index (χ3n) is 2.66. The van der Waals surface area contributed by atoms with Crippen LogP contribution in [0.5, 0.6) is 5.75 Å². The van der Waals surface area contributed by atoms with Crippen molar-refractivity contribution in [2.24, 2.45) is 0 Å². The fourth-order valence-corrected chi connectivity index (χ4v) is 1.81. The summed E-state index contributed by atoms with van der Waals surface area (Å²) in [6.07, 6.45) is 1.89. The number of methoxy groups -OCH3 is 1. The zero-order valence-corrected chi connectivity index (χ0v) is 9.74. The van der Waals surface area contributed by atoms with Crippen molar-refractivity contribution in [3.8, 4) is 5.75 Å². The summed E-state index contributed by atoms with van der Waals surface area (Å²) in [5.74, 6) is 0.258. The molecule has 1 aromatic rings. The van der Waals surface area contributed by atoms with Crippen LogP contribution in [0.4, 0.5) is 0 Å². The van der Waals surface area contributed by atoms with Gasteiger partial charge >= 0.3 is 0 Å². The van der Waals surface area contributed by atoms with Crippen LogP contribution >= 0.6 is 0 Å². The molecule has 0 atom stereocenters. The average Bonchev–Trinajstić information content (AvgIpc) is 2.58. The second kappa shape index (κ2) is 4.41. The fourth-order valence-electron chi connectivity index (χ4n) is 1.81. The highest BCUT2D eigenvalue weighted by atomic mass is 16.5. The first-order chi connectivity index (χ1) is 8.10. The summed E-state index contributed by atoms with van der Waals surface area (Å²) in [6, 6.07) is 5.62. The summed E-state index contributed by atoms with van der Waals surface area (Å²) < 4.78 is 5.15. The topological polar surface area (TPSA) is 55.4 Å². The van der Waals surface area contributed by atoms with Gasteiger partial charge in [0.15, 0.2) is 0 Å². The first-order valence-electron chi connectivity index (χ1n) is 5.29. The third-order valence-corrected chi connectivity index (χ3v) is 2.66. The molecule has 0 aromatic heterocycles. The number of imide groups is 1. The lowest BCUT2D eigenvalue weighted by atomic mass is 10.1. The SMILES string of the molecule is COc1ccc(C=C2CC(=O)NC2=O)cc1C. The Labute approximate surface area is 99.3 Å². The molecular formula is C13H13NO3. The highest BCUT2D eigenvalue weighted by Gasteiger charge is 2.23. The molecule has 1 heterocycles. The van der Waals surface area contributed by atoms with Gasteiger partial charge in [0.2, 0.25) is 5.91 Å². The van der Waals surface area contributed by atoms with Crippen molar-refractivity contribution < 1.29 is 14.3 Å². The average molecular weight is 231 g/mol. The first kappa shape index (κ1) is 11.4. The molecule has 1 N–H and O–H groups in total. The maximum Gasteiger partial charge on any atom is 0.254 e. The van der Waals surface area contributed by atoms with Gasteiger partial charge in [0.1, 0.15) is 5.75 Å². The monoisotopic (exact) mass is 231 g/mol. The summed E-state index contributed by atoms with van der Waals surface area (Å²) in [5, 5.41) is 2.25. The molecule has 4 heteroatoms. The zero-order chi connectivity index (χ0) is 12.4. The molecule has 1 aliphatic rings. The van der Waals surface area contributed by atoms with Gasteiger partial charge in [0.25, 0.3) is 5.91 Å². The molecule has 2 rings (SSSR count). The van der Waals surface area contributed by atoms with Gasteiger partial charge < -0.3 is 4.74 Å². The Kier molecular flexibility index (Phi) is 2.95. The van der Waals surface area contributed by atoms with E-state index in [1.165, 1.54) is 0 Å². The van der Waals surface area contributed by atoms with Crippen molar-refractivity contribution in [2.45, 2.75) is 13.3 Å². The van der Waals surface area contributed by atoms with Crippen molar-refractivity contribution in [1.29, 1.82) is 0 Å². The number of rotatable bonds is 2. The molecular weight excluding hydrogens is 218 g/mol. The summed E-state index contributed by atoms with van der Waals surface area (Å²) in [4.78, 5) is 22.4. The summed E-state index contributed by atoms with van der Waals surface area (Å²) in [5.41, 5.74) is 2.38. The van der Waals surface area contributed by atoms with Crippen molar-refractivity contribution in [3.05, 3.63) is 34.9 Å². The van der Waals surface area contributed by atoms with Crippen LogP contribution in [0.1, 0.15) is 17.5 Å². The van der Waals surface area contributed by atoms with Crippen LogP contribution in [0.15, 0.2) is 23.8 Å². The molecule has 1 aliphatic heterocycles. The Morgan fingerprint density at radius 2 is 2.12 bits per heavy atom. The molecule has 1 aromatic carbocycles. The van der Waals surface area contributed by atoms with E-state index in [9.17, 15) is 9.59 Å². The molecule has 1 saturated heterocycles. The predicted molar refractivity (Wildman–Crippen MR) is 63.5 cm³/mol. The van der Waals surface area contributed by atoms with Crippen LogP contribution in [0.25, 0.3) is 6.08 Å². The number of ether oxygens (including phenoxy) is 1. The lowest BCUT2D eigenvalue weighted by molar-refractivity contribution is -0.124. The second-order valence-corrected chi connectivity index (χ2v) is 3.95. The molecule has 0 bridgehead atoms. The van der Waals surface area contributed by atoms with Gasteiger partial charge in [-0.3, -0.25) is 14.9 Å². The number of aryl methyl sites for hydroxylation is 1. The number of amides is 2. The Bertz CT molecular complexity index is 517. The Morgan fingerprint density at radius 3 is 2.65 bits per heavy atom. The standard InChI is InChI=1S/C13H13NO3/c1-8-5-9(3-4-11(8)17-2)6-10-7-12(15)14-13(10)16/h3-6H,7H2,1-2H3,(H,14,15,16). The van der Waals surface area contributed by atoms with E-state index >= 15 is 0 Å². The molecule has 17 heavy (non-hydrogen) atoms. The zero-order valence-electron chi connectivity index (χ0n) is 9.74. The molecule has 88 valence electrons. The van der Waals surface area contributed by atoms with Crippen LogP contribution < -0.4 is 10.1 Å². The van der Waals surface area contributed by atoms with Gasteiger partial charge in [0.05, 0.1) is 13.5 Å². The van der Waals surface area contributed by atoms with E-state index < -0.39 is 0 Å². The minimum absolute atomic E-state index is 0.157. The van der Waals surface area contributed by atoms with Gasteiger partial charge in [0, 0.05) is 5.57 Å². The van der Waals surface area contributed by atoms with Crippen LogP contribution in [-0.2, 0) is 9.59 Å². The van der Waals surface area contributed by atoms with E-state index in [0.717, 1.165) is 16.9 Å². The summed E-state index contributed by atoms with van der Waals surface area (Å²) in [7, 11) is 1.61. The Morgan fingerprint density at radius 1 is 1.35 bits per heavy atom. The van der Waals surface area contributed by atoms with Crippen molar-refractivity contribution in [1.82, 2.24) is 5.32 Å². The normalized spacial score (nSPS) is 17.4. The lowest BCUT2D eigenvalue weighted by Crippen LogP contribution is -2.19. The summed E-state index contributed by atoms with van der Waals surface area (Å²) in [6.45, 7) is 1.93. The van der Waals surface area contributed by atoms with Crippen LogP contribution in [0, 0.1) is 6.92 Å². The number of carbonyl (C=O) groups excluding carboxylic acids is 2. The quantitative estimate of drug-likeness (QED) is 0.619. The van der Waals surface area contributed by atoms with E-state index in [1.807, 2.05) is 25.1 Å². The van der Waals surface area contributed by atoms with Crippen molar-refractivity contribution >= 4 is 17.9 Å². The minimum atomic E-state index is -0.302. The second-order valence-electron chi connectivity index (χ2n) is 3.95. The fraction of sp³-hybridized carbons (Fsp3) is 0.231. The number of hydrogen-bond acceptors (Lipinski definition) is 3. The van der Waals surface area contributed by atoms with Gasteiger partial charge in [-0.2, -0.15) is 0 Å². The molecule has 0 spiro atoms. The molecule has 0 radical (unpaired) electrons. The summed E-state index contributed by atoms with van der Waals surface area (Å²) >= 11 is 0. The van der Waals surface area contributed by atoms with Gasteiger partial charge in [-0.15, -0.1) is 0 Å². The highest BCUT2D eigenvalue weighted by molar-refractivity contribution is 6.15. The van der Waals surface area contributed by atoms with Gasteiger partial charge in [-0.25, -0.2) is 0 Å². The maximum absolute atomic E-state index is 11.4. The molecule has 0 aliphatic carbocycles.